The fourth-order valence-electron chi connectivity index (χ4n) is 1.78. The number of hydrogen-bond acceptors (Lipinski definition) is 3. The van der Waals surface area contributed by atoms with E-state index in [0.29, 0.717) is 12.2 Å². The van der Waals surface area contributed by atoms with E-state index in [0.717, 1.165) is 0 Å². The number of carbonyl (C=O) groups is 2. The van der Waals surface area contributed by atoms with Gasteiger partial charge in [0.2, 0.25) is 5.91 Å². The van der Waals surface area contributed by atoms with Gasteiger partial charge in [0.05, 0.1) is 22.2 Å². The van der Waals surface area contributed by atoms with E-state index < -0.39 is 11.8 Å². The third kappa shape index (κ3) is 4.28. The molecule has 0 aliphatic carbocycles. The van der Waals surface area contributed by atoms with Gasteiger partial charge < -0.3 is 16.4 Å². The lowest BCUT2D eigenvalue weighted by Gasteiger charge is -2.24. The number of nitrogens with zero attached hydrogens (tertiary/aromatic N) is 1. The van der Waals surface area contributed by atoms with E-state index in [1.165, 1.54) is 17.0 Å². The lowest BCUT2D eigenvalue weighted by molar-refractivity contribution is -0.118. The summed E-state index contributed by atoms with van der Waals surface area (Å²) >= 11 is 11.9. The van der Waals surface area contributed by atoms with Crippen molar-refractivity contribution in [1.82, 2.24) is 4.90 Å². The van der Waals surface area contributed by atoms with Gasteiger partial charge in [0.15, 0.2) is 0 Å². The van der Waals surface area contributed by atoms with E-state index in [4.69, 9.17) is 34.7 Å². The highest BCUT2D eigenvalue weighted by molar-refractivity contribution is 6.44. The third-order valence-electron chi connectivity index (χ3n) is 2.50. The van der Waals surface area contributed by atoms with Gasteiger partial charge in [-0.1, -0.05) is 37.0 Å². The monoisotopic (exact) mass is 317 g/mol. The Labute approximate surface area is 127 Å². The second-order valence-corrected chi connectivity index (χ2v) is 5.70. The molecule has 20 heavy (non-hydrogen) atoms. The van der Waals surface area contributed by atoms with Crippen LogP contribution in [0.2, 0.25) is 10.0 Å². The molecule has 0 spiro atoms. The molecular weight excluding hydrogens is 301 g/mol. The quantitative estimate of drug-likeness (QED) is 0.815. The largest absolute Gasteiger partial charge is 0.399 e. The number of primary amides is 1. The van der Waals surface area contributed by atoms with Crippen LogP contribution in [0.3, 0.4) is 0 Å². The lowest BCUT2D eigenvalue weighted by Crippen LogP contribution is -2.40. The summed E-state index contributed by atoms with van der Waals surface area (Å²) in [6, 6.07) is 2.90. The Bertz CT molecular complexity index is 533. The molecule has 0 saturated carbocycles. The summed E-state index contributed by atoms with van der Waals surface area (Å²) in [4.78, 5) is 24.9. The van der Waals surface area contributed by atoms with E-state index in [9.17, 15) is 9.59 Å². The van der Waals surface area contributed by atoms with Crippen LogP contribution in [0.5, 0.6) is 0 Å². The highest BCUT2D eigenvalue weighted by Crippen LogP contribution is 2.29. The smallest absolute Gasteiger partial charge is 0.255 e. The van der Waals surface area contributed by atoms with Gasteiger partial charge >= 0.3 is 0 Å². The molecule has 2 amide bonds. The first-order chi connectivity index (χ1) is 9.22. The predicted molar refractivity (Wildman–Crippen MR) is 80.8 cm³/mol. The second kappa shape index (κ2) is 6.81. The van der Waals surface area contributed by atoms with Gasteiger partial charge in [0.1, 0.15) is 0 Å². The first-order valence-corrected chi connectivity index (χ1v) is 6.80. The van der Waals surface area contributed by atoms with E-state index in [1.807, 2.05) is 13.8 Å². The highest BCUT2D eigenvalue weighted by Gasteiger charge is 2.22. The zero-order valence-electron chi connectivity index (χ0n) is 11.3. The van der Waals surface area contributed by atoms with Gasteiger partial charge in [-0.05, 0) is 18.1 Å². The summed E-state index contributed by atoms with van der Waals surface area (Å²) in [6.45, 7) is 4.05. The minimum Gasteiger partial charge on any atom is -0.399 e. The zero-order valence-corrected chi connectivity index (χ0v) is 12.8. The van der Waals surface area contributed by atoms with Crippen molar-refractivity contribution < 1.29 is 9.59 Å². The van der Waals surface area contributed by atoms with Crippen LogP contribution < -0.4 is 11.5 Å². The Morgan fingerprint density at radius 3 is 2.40 bits per heavy atom. The normalized spacial score (nSPS) is 10.7. The Morgan fingerprint density at radius 2 is 1.90 bits per heavy atom. The van der Waals surface area contributed by atoms with Crippen LogP contribution >= 0.6 is 23.2 Å². The van der Waals surface area contributed by atoms with Crippen LogP contribution in [0, 0.1) is 5.92 Å². The van der Waals surface area contributed by atoms with Crippen molar-refractivity contribution in [2.45, 2.75) is 13.8 Å². The van der Waals surface area contributed by atoms with Gasteiger partial charge in [0, 0.05) is 12.2 Å². The molecule has 0 aromatic heterocycles. The van der Waals surface area contributed by atoms with Crippen molar-refractivity contribution in [1.29, 1.82) is 0 Å². The number of benzene rings is 1. The molecule has 5 nitrogen and oxygen atoms in total. The summed E-state index contributed by atoms with van der Waals surface area (Å²) in [5.41, 5.74) is 11.3. The van der Waals surface area contributed by atoms with Gasteiger partial charge in [-0.3, -0.25) is 9.59 Å². The molecule has 7 heteroatoms. The molecule has 0 fully saturated rings. The molecule has 0 unspecified atom stereocenters. The maximum atomic E-state index is 12.5. The van der Waals surface area contributed by atoms with Gasteiger partial charge in [-0.15, -0.1) is 0 Å². The fourth-order valence-corrected chi connectivity index (χ4v) is 2.20. The number of halogens is 2. The molecule has 0 radical (unpaired) electrons. The first-order valence-electron chi connectivity index (χ1n) is 6.04. The van der Waals surface area contributed by atoms with Crippen molar-refractivity contribution in [3.63, 3.8) is 0 Å². The average molecular weight is 318 g/mol. The van der Waals surface area contributed by atoms with Gasteiger partial charge in [-0.2, -0.15) is 0 Å². The Kier molecular flexibility index (Phi) is 5.65. The van der Waals surface area contributed by atoms with Crippen LogP contribution in [0.25, 0.3) is 0 Å². The van der Waals surface area contributed by atoms with Crippen LogP contribution in [-0.4, -0.2) is 29.8 Å². The summed E-state index contributed by atoms with van der Waals surface area (Å²) in [7, 11) is 0. The van der Waals surface area contributed by atoms with Crippen LogP contribution in [0.4, 0.5) is 5.69 Å². The number of amides is 2. The number of anilines is 1. The summed E-state index contributed by atoms with van der Waals surface area (Å²) in [5.74, 6) is -0.838. The lowest BCUT2D eigenvalue weighted by atomic mass is 10.1. The fraction of sp³-hybridized carbons (Fsp3) is 0.385. The Balaban J connectivity index is 3.14. The van der Waals surface area contributed by atoms with E-state index in [1.54, 1.807) is 0 Å². The molecule has 0 atom stereocenters. The maximum Gasteiger partial charge on any atom is 0.255 e. The van der Waals surface area contributed by atoms with E-state index in [-0.39, 0.29) is 28.1 Å². The topological polar surface area (TPSA) is 89.4 Å². The number of hydrogen-bond donors (Lipinski definition) is 2. The van der Waals surface area contributed by atoms with E-state index >= 15 is 0 Å². The molecule has 0 saturated heterocycles. The van der Waals surface area contributed by atoms with E-state index in [2.05, 4.69) is 0 Å². The zero-order chi connectivity index (χ0) is 15.4. The molecule has 0 heterocycles. The SMILES string of the molecule is CC(C)CN(CC(N)=O)C(=O)c1cc(N)cc(Cl)c1Cl. The predicted octanol–water partition coefficient (Wildman–Crippen LogP) is 2.16. The van der Waals surface area contributed by atoms with Crippen molar-refractivity contribution >= 4 is 40.7 Å². The summed E-state index contributed by atoms with van der Waals surface area (Å²) < 4.78 is 0. The maximum absolute atomic E-state index is 12.5. The van der Waals surface area contributed by atoms with Crippen LogP contribution in [-0.2, 0) is 4.79 Å². The molecule has 1 aromatic rings. The number of nitrogens with two attached hydrogens (primary N) is 2. The molecule has 1 rings (SSSR count). The Morgan fingerprint density at radius 1 is 1.30 bits per heavy atom. The van der Waals surface area contributed by atoms with Crippen LogP contribution in [0.15, 0.2) is 12.1 Å². The second-order valence-electron chi connectivity index (χ2n) is 4.91. The minimum absolute atomic E-state index is 0.115. The molecule has 4 N–H and O–H groups in total. The van der Waals surface area contributed by atoms with Crippen molar-refractivity contribution in [2.24, 2.45) is 11.7 Å². The van der Waals surface area contributed by atoms with Gasteiger partial charge in [-0.25, -0.2) is 0 Å². The molecule has 0 aliphatic rings. The summed E-state index contributed by atoms with van der Waals surface area (Å²) in [5, 5.41) is 0.308. The molecule has 110 valence electrons. The number of nitrogen functional groups attached to an aromatic ring is 1. The van der Waals surface area contributed by atoms with Crippen LogP contribution in [0.1, 0.15) is 24.2 Å². The Hall–Kier alpha value is -1.46. The molecule has 0 aliphatic heterocycles. The summed E-state index contributed by atoms with van der Waals surface area (Å²) in [6.07, 6.45) is 0. The van der Waals surface area contributed by atoms with Crippen molar-refractivity contribution in [2.75, 3.05) is 18.8 Å². The average Bonchev–Trinajstić information content (AvgIpc) is 2.30. The third-order valence-corrected chi connectivity index (χ3v) is 3.30. The van der Waals surface area contributed by atoms with Crippen molar-refractivity contribution in [3.05, 3.63) is 27.7 Å². The molecular formula is C13H17Cl2N3O2. The number of rotatable bonds is 5. The van der Waals surface area contributed by atoms with Crippen molar-refractivity contribution in [3.8, 4) is 0 Å². The minimum atomic E-state index is -0.592. The molecule has 0 bridgehead atoms. The number of carbonyl (C=O) groups excluding carboxylic acids is 2. The van der Waals surface area contributed by atoms with Gasteiger partial charge in [0.25, 0.3) is 5.91 Å². The highest BCUT2D eigenvalue weighted by atomic mass is 35.5. The standard InChI is InChI=1S/C13H17Cl2N3O2/c1-7(2)5-18(6-11(17)19)13(20)9-3-8(16)4-10(14)12(9)15/h3-4,7H,5-6,16H2,1-2H3,(H2,17,19). The molecule has 1 aromatic carbocycles. The first kappa shape index (κ1) is 16.6.